The van der Waals surface area contributed by atoms with Crippen LogP contribution in [0.1, 0.15) is 36.3 Å². The van der Waals surface area contributed by atoms with Crippen LogP contribution in [0.2, 0.25) is 0 Å². The lowest BCUT2D eigenvalue weighted by atomic mass is 10.3. The number of rotatable bonds is 6. The second kappa shape index (κ2) is 11.8. The van der Waals surface area contributed by atoms with Crippen molar-refractivity contribution in [1.29, 1.82) is 0 Å². The van der Waals surface area contributed by atoms with Gasteiger partial charge in [0.2, 0.25) is 5.91 Å². The summed E-state index contributed by atoms with van der Waals surface area (Å²) < 4.78 is 0. The first-order valence-corrected chi connectivity index (χ1v) is 10.2. The van der Waals surface area contributed by atoms with Crippen molar-refractivity contribution in [3.8, 4) is 0 Å². The largest absolute Gasteiger partial charge is 0.357 e. The maximum absolute atomic E-state index is 11.9. The van der Waals surface area contributed by atoms with E-state index in [0.29, 0.717) is 13.1 Å². The molecule has 1 aliphatic heterocycles. The lowest BCUT2D eigenvalue weighted by Gasteiger charge is -2.36. The van der Waals surface area contributed by atoms with Gasteiger partial charge in [0.05, 0.1) is 18.8 Å². The van der Waals surface area contributed by atoms with Crippen LogP contribution in [0.15, 0.2) is 4.99 Å². The molecule has 0 atom stereocenters. The molecule has 0 unspecified atom stereocenters. The van der Waals surface area contributed by atoms with Crippen molar-refractivity contribution in [3.05, 3.63) is 15.6 Å². The van der Waals surface area contributed by atoms with Gasteiger partial charge in [-0.25, -0.2) is 9.98 Å². The summed E-state index contributed by atoms with van der Waals surface area (Å²) in [5, 5.41) is 7.39. The summed E-state index contributed by atoms with van der Waals surface area (Å²) in [6.45, 7) is 15.6. The van der Waals surface area contributed by atoms with Gasteiger partial charge in [0.15, 0.2) is 5.96 Å². The molecule has 27 heavy (non-hydrogen) atoms. The van der Waals surface area contributed by atoms with Gasteiger partial charge in [-0.2, -0.15) is 0 Å². The molecule has 2 rings (SSSR count). The molecule has 1 aromatic heterocycles. The normalized spacial score (nSPS) is 15.6. The number of nitrogens with zero attached hydrogens (tertiary/aromatic N) is 4. The molecule has 9 heteroatoms. The second-order valence-electron chi connectivity index (χ2n) is 6.90. The predicted octanol–water partition coefficient (Wildman–Crippen LogP) is 1.99. The number of aryl methyl sites for hydroxylation is 2. The van der Waals surface area contributed by atoms with Gasteiger partial charge >= 0.3 is 0 Å². The molecular formula is C18H33IN6OS. The van der Waals surface area contributed by atoms with Crippen LogP contribution in [0.25, 0.3) is 0 Å². The summed E-state index contributed by atoms with van der Waals surface area (Å²) in [6.07, 6.45) is 0. The van der Waals surface area contributed by atoms with Crippen molar-refractivity contribution in [2.45, 2.75) is 47.2 Å². The average Bonchev–Trinajstić information content (AvgIpc) is 2.89. The zero-order chi connectivity index (χ0) is 19.1. The summed E-state index contributed by atoms with van der Waals surface area (Å²) in [7, 11) is 0. The molecule has 1 amide bonds. The van der Waals surface area contributed by atoms with E-state index in [2.05, 4.69) is 39.3 Å². The number of carbonyl (C=O) groups excluding carboxylic acids is 1. The molecule has 1 fully saturated rings. The van der Waals surface area contributed by atoms with Gasteiger partial charge in [0.1, 0.15) is 5.01 Å². The van der Waals surface area contributed by atoms with Gasteiger partial charge in [-0.3, -0.25) is 9.69 Å². The Morgan fingerprint density at radius 2 is 1.93 bits per heavy atom. The van der Waals surface area contributed by atoms with Crippen LogP contribution in [0.5, 0.6) is 0 Å². The van der Waals surface area contributed by atoms with Crippen molar-refractivity contribution in [3.63, 3.8) is 0 Å². The first-order chi connectivity index (χ1) is 12.4. The van der Waals surface area contributed by atoms with Crippen molar-refractivity contribution in [1.82, 2.24) is 25.4 Å². The number of hydrogen-bond acceptors (Lipinski definition) is 5. The van der Waals surface area contributed by atoms with E-state index in [1.165, 1.54) is 4.88 Å². The Bertz CT molecular complexity index is 606. The molecule has 0 radical (unpaired) electrons. The predicted molar refractivity (Wildman–Crippen MR) is 123 cm³/mol. The fraction of sp³-hybridized carbons (Fsp3) is 0.722. The number of amides is 1. The van der Waals surface area contributed by atoms with E-state index in [1.807, 2.05) is 20.8 Å². The van der Waals surface area contributed by atoms with Crippen LogP contribution < -0.4 is 10.6 Å². The van der Waals surface area contributed by atoms with Gasteiger partial charge in [-0.05, 0) is 34.6 Å². The van der Waals surface area contributed by atoms with E-state index in [1.54, 1.807) is 11.3 Å². The molecule has 154 valence electrons. The molecule has 2 heterocycles. The first kappa shape index (κ1) is 24.1. The lowest BCUT2D eigenvalue weighted by molar-refractivity contribution is -0.123. The van der Waals surface area contributed by atoms with Crippen LogP contribution in [-0.2, 0) is 11.3 Å². The Morgan fingerprint density at radius 1 is 1.26 bits per heavy atom. The molecule has 0 saturated carbocycles. The van der Waals surface area contributed by atoms with Gasteiger partial charge in [-0.1, -0.05) is 0 Å². The van der Waals surface area contributed by atoms with Crippen molar-refractivity contribution in [2.24, 2.45) is 4.99 Å². The first-order valence-electron chi connectivity index (χ1n) is 9.37. The van der Waals surface area contributed by atoms with Crippen LogP contribution in [0.3, 0.4) is 0 Å². The number of aromatic nitrogens is 1. The molecular weight excluding hydrogens is 475 g/mol. The Hall–Kier alpha value is -0.940. The third-order valence-electron chi connectivity index (χ3n) is 4.26. The summed E-state index contributed by atoms with van der Waals surface area (Å²) >= 11 is 1.72. The third-order valence-corrected chi connectivity index (χ3v) is 5.32. The van der Waals surface area contributed by atoms with E-state index >= 15 is 0 Å². The number of carbonyl (C=O) groups is 1. The summed E-state index contributed by atoms with van der Waals surface area (Å²) in [5.41, 5.74) is 1.10. The molecule has 0 aromatic carbocycles. The van der Waals surface area contributed by atoms with Gasteiger partial charge < -0.3 is 15.5 Å². The standard InChI is InChI=1S/C18H32N6OS.HI/c1-6-19-18(20-11-17-22-14(4)15(5)26-17)24-9-7-23(8-10-24)12-16(25)21-13(2)3;/h13H,6-12H2,1-5H3,(H,19,20)(H,21,25);1H. The van der Waals surface area contributed by atoms with Crippen molar-refractivity contribution in [2.75, 3.05) is 39.3 Å². The highest BCUT2D eigenvalue weighted by molar-refractivity contribution is 14.0. The van der Waals surface area contributed by atoms with Gasteiger partial charge in [0, 0.05) is 43.6 Å². The summed E-state index contributed by atoms with van der Waals surface area (Å²) in [4.78, 5) is 27.0. The van der Waals surface area contributed by atoms with E-state index in [-0.39, 0.29) is 35.9 Å². The topological polar surface area (TPSA) is 72.9 Å². The second-order valence-corrected chi connectivity index (χ2v) is 8.19. The highest BCUT2D eigenvalue weighted by Crippen LogP contribution is 2.17. The molecule has 0 spiro atoms. The molecule has 7 nitrogen and oxygen atoms in total. The Labute approximate surface area is 184 Å². The van der Waals surface area contributed by atoms with Crippen molar-refractivity contribution < 1.29 is 4.79 Å². The maximum Gasteiger partial charge on any atom is 0.234 e. The van der Waals surface area contributed by atoms with Crippen molar-refractivity contribution >= 4 is 47.2 Å². The number of halogens is 1. The zero-order valence-electron chi connectivity index (χ0n) is 17.0. The fourth-order valence-corrected chi connectivity index (χ4v) is 3.72. The van der Waals surface area contributed by atoms with Crippen LogP contribution in [-0.4, -0.2) is 72.0 Å². The third kappa shape index (κ3) is 7.90. The quantitative estimate of drug-likeness (QED) is 0.350. The Balaban J connectivity index is 0.00000364. The monoisotopic (exact) mass is 508 g/mol. The molecule has 1 aromatic rings. The van der Waals surface area contributed by atoms with E-state index in [9.17, 15) is 4.79 Å². The van der Waals surface area contributed by atoms with E-state index in [0.717, 1.165) is 49.4 Å². The number of thiazole rings is 1. The smallest absolute Gasteiger partial charge is 0.234 e. The highest BCUT2D eigenvalue weighted by Gasteiger charge is 2.21. The number of hydrogen-bond donors (Lipinski definition) is 2. The van der Waals surface area contributed by atoms with Crippen LogP contribution in [0.4, 0.5) is 0 Å². The van der Waals surface area contributed by atoms with Gasteiger partial charge in [-0.15, -0.1) is 35.3 Å². The van der Waals surface area contributed by atoms with Crippen LogP contribution in [0, 0.1) is 13.8 Å². The van der Waals surface area contributed by atoms with Gasteiger partial charge in [0.25, 0.3) is 0 Å². The zero-order valence-corrected chi connectivity index (χ0v) is 20.2. The molecule has 1 aliphatic rings. The molecule has 1 saturated heterocycles. The minimum absolute atomic E-state index is 0. The Kier molecular flexibility index (Phi) is 10.5. The summed E-state index contributed by atoms with van der Waals surface area (Å²) in [6, 6.07) is 0.189. The SMILES string of the molecule is CCNC(=NCc1nc(C)c(C)s1)N1CCN(CC(=O)NC(C)C)CC1.I. The number of piperazine rings is 1. The minimum atomic E-state index is 0. The average molecular weight is 508 g/mol. The van der Waals surface area contributed by atoms with E-state index < -0.39 is 0 Å². The Morgan fingerprint density at radius 3 is 2.44 bits per heavy atom. The number of nitrogens with one attached hydrogen (secondary N) is 2. The fourth-order valence-electron chi connectivity index (χ4n) is 2.86. The minimum Gasteiger partial charge on any atom is -0.357 e. The maximum atomic E-state index is 11.9. The molecule has 0 bridgehead atoms. The molecule has 0 aliphatic carbocycles. The van der Waals surface area contributed by atoms with Crippen LogP contribution >= 0.6 is 35.3 Å². The number of guanidine groups is 1. The molecule has 2 N–H and O–H groups in total. The van der Waals surface area contributed by atoms with E-state index in [4.69, 9.17) is 4.99 Å². The number of aliphatic imine (C=N–C) groups is 1. The summed E-state index contributed by atoms with van der Waals surface area (Å²) in [5.74, 6) is 1.04. The lowest BCUT2D eigenvalue weighted by Crippen LogP contribution is -2.54. The highest BCUT2D eigenvalue weighted by atomic mass is 127.